The van der Waals surface area contributed by atoms with Crippen LogP contribution >= 0.6 is 0 Å². The lowest BCUT2D eigenvalue weighted by Gasteiger charge is -2.34. The quantitative estimate of drug-likeness (QED) is 0.669. The third kappa shape index (κ3) is 3.43. The van der Waals surface area contributed by atoms with E-state index in [4.69, 9.17) is 5.11 Å². The van der Waals surface area contributed by atoms with Gasteiger partial charge in [0.1, 0.15) is 6.04 Å². The van der Waals surface area contributed by atoms with E-state index in [1.807, 2.05) is 27.7 Å². The molecule has 1 fully saturated rings. The van der Waals surface area contributed by atoms with E-state index in [2.05, 4.69) is 10.6 Å². The van der Waals surface area contributed by atoms with Crippen molar-refractivity contribution in [1.29, 1.82) is 0 Å². The number of hydrogen-bond donors (Lipinski definition) is 3. The van der Waals surface area contributed by atoms with Gasteiger partial charge in [0.25, 0.3) is 0 Å². The molecule has 0 radical (unpaired) electrons. The Balaban J connectivity index is 2.60. The molecule has 17 heavy (non-hydrogen) atoms. The molecule has 0 saturated carbocycles. The Bertz CT molecular complexity index is 305. The average Bonchev–Trinajstić information content (AvgIpc) is 2.08. The molecule has 2 atom stereocenters. The molecule has 0 bridgehead atoms. The normalized spacial score (nSPS) is 20.2. The van der Waals surface area contributed by atoms with Gasteiger partial charge in [-0.1, -0.05) is 27.7 Å². The Hall–Kier alpha value is -1.10. The highest BCUT2D eigenvalue weighted by atomic mass is 16.4. The predicted molar refractivity (Wildman–Crippen MR) is 64.5 cm³/mol. The van der Waals surface area contributed by atoms with E-state index in [9.17, 15) is 9.59 Å². The molecule has 1 aliphatic heterocycles. The van der Waals surface area contributed by atoms with E-state index < -0.39 is 17.4 Å². The SMILES string of the molecule is CC(C(=O)N[C@H](C(=O)O)C(C)(C)C)C1CNC1. The van der Waals surface area contributed by atoms with Crippen LogP contribution in [0.3, 0.4) is 0 Å². The van der Waals surface area contributed by atoms with E-state index in [-0.39, 0.29) is 11.8 Å². The zero-order valence-corrected chi connectivity index (χ0v) is 10.9. The fourth-order valence-corrected chi connectivity index (χ4v) is 1.80. The fourth-order valence-electron chi connectivity index (χ4n) is 1.80. The first-order chi connectivity index (χ1) is 7.73. The van der Waals surface area contributed by atoms with Gasteiger partial charge in [-0.05, 0) is 24.4 Å². The van der Waals surface area contributed by atoms with Gasteiger partial charge in [0.15, 0.2) is 0 Å². The van der Waals surface area contributed by atoms with Crippen LogP contribution in [0.2, 0.25) is 0 Å². The summed E-state index contributed by atoms with van der Waals surface area (Å²) in [6.45, 7) is 8.94. The number of aliphatic carboxylic acids is 1. The summed E-state index contributed by atoms with van der Waals surface area (Å²) in [4.78, 5) is 23.1. The minimum atomic E-state index is -0.982. The van der Waals surface area contributed by atoms with Crippen molar-refractivity contribution in [3.8, 4) is 0 Å². The molecule has 1 unspecified atom stereocenters. The van der Waals surface area contributed by atoms with E-state index in [1.165, 1.54) is 0 Å². The number of carboxylic acid groups (broad SMARTS) is 1. The van der Waals surface area contributed by atoms with Gasteiger partial charge < -0.3 is 15.7 Å². The monoisotopic (exact) mass is 242 g/mol. The first-order valence-electron chi connectivity index (χ1n) is 5.97. The minimum absolute atomic E-state index is 0.138. The summed E-state index contributed by atoms with van der Waals surface area (Å²) >= 11 is 0. The van der Waals surface area contributed by atoms with Crippen molar-refractivity contribution < 1.29 is 14.7 Å². The molecule has 1 heterocycles. The molecule has 98 valence electrons. The van der Waals surface area contributed by atoms with Crippen molar-refractivity contribution in [3.63, 3.8) is 0 Å². The zero-order valence-electron chi connectivity index (χ0n) is 10.9. The molecule has 0 aliphatic carbocycles. The van der Waals surface area contributed by atoms with Crippen molar-refractivity contribution in [3.05, 3.63) is 0 Å². The van der Waals surface area contributed by atoms with Gasteiger partial charge in [0.05, 0.1) is 0 Å². The van der Waals surface area contributed by atoms with Crippen molar-refractivity contribution in [1.82, 2.24) is 10.6 Å². The lowest BCUT2D eigenvalue weighted by atomic mass is 9.84. The third-order valence-electron chi connectivity index (χ3n) is 3.33. The molecule has 3 N–H and O–H groups in total. The van der Waals surface area contributed by atoms with Crippen molar-refractivity contribution in [2.24, 2.45) is 17.3 Å². The molecule has 0 aromatic heterocycles. The second-order valence-corrected chi connectivity index (χ2v) is 5.85. The van der Waals surface area contributed by atoms with Gasteiger partial charge in [-0.2, -0.15) is 0 Å². The van der Waals surface area contributed by atoms with E-state index >= 15 is 0 Å². The lowest BCUT2D eigenvalue weighted by Crippen LogP contribution is -2.54. The second kappa shape index (κ2) is 5.04. The van der Waals surface area contributed by atoms with Crippen LogP contribution in [0.4, 0.5) is 0 Å². The smallest absolute Gasteiger partial charge is 0.326 e. The molecule has 5 heteroatoms. The average molecular weight is 242 g/mol. The first-order valence-corrected chi connectivity index (χ1v) is 5.97. The van der Waals surface area contributed by atoms with Crippen molar-refractivity contribution >= 4 is 11.9 Å². The fraction of sp³-hybridized carbons (Fsp3) is 0.833. The molecular formula is C12H22N2O3. The number of hydrogen-bond acceptors (Lipinski definition) is 3. The highest BCUT2D eigenvalue weighted by molar-refractivity contribution is 5.85. The summed E-state index contributed by atoms with van der Waals surface area (Å²) in [5.74, 6) is -0.964. The molecule has 1 rings (SSSR count). The van der Waals surface area contributed by atoms with Gasteiger partial charge >= 0.3 is 5.97 Å². The summed E-state index contributed by atoms with van der Waals surface area (Å²) in [5, 5.41) is 14.9. The Labute approximate surface area is 102 Å². The summed E-state index contributed by atoms with van der Waals surface area (Å²) in [7, 11) is 0. The van der Waals surface area contributed by atoms with Crippen LogP contribution < -0.4 is 10.6 Å². The molecule has 0 aromatic carbocycles. The Morgan fingerprint density at radius 1 is 1.35 bits per heavy atom. The standard InChI is InChI=1S/C12H22N2O3/c1-7(8-5-13-6-8)10(15)14-9(11(16)17)12(2,3)4/h7-9,13H,5-6H2,1-4H3,(H,14,15)(H,16,17)/t7?,9-/m1/s1. The number of rotatable bonds is 4. The number of nitrogens with one attached hydrogen (secondary N) is 2. The van der Waals surface area contributed by atoms with Gasteiger partial charge in [-0.15, -0.1) is 0 Å². The number of carboxylic acids is 1. The van der Waals surface area contributed by atoms with E-state index in [0.29, 0.717) is 5.92 Å². The van der Waals surface area contributed by atoms with Gasteiger partial charge in [0, 0.05) is 5.92 Å². The molecule has 0 aromatic rings. The van der Waals surface area contributed by atoms with E-state index in [0.717, 1.165) is 13.1 Å². The number of carbonyl (C=O) groups is 2. The molecular weight excluding hydrogens is 220 g/mol. The molecule has 1 amide bonds. The summed E-state index contributed by atoms with van der Waals surface area (Å²) < 4.78 is 0. The van der Waals surface area contributed by atoms with Crippen LogP contribution in [0.1, 0.15) is 27.7 Å². The second-order valence-electron chi connectivity index (χ2n) is 5.85. The summed E-state index contributed by atoms with van der Waals surface area (Å²) in [5.41, 5.74) is -0.487. The first kappa shape index (κ1) is 14.0. The lowest BCUT2D eigenvalue weighted by molar-refractivity contribution is -0.146. The van der Waals surface area contributed by atoms with Crippen LogP contribution in [0.25, 0.3) is 0 Å². The number of carbonyl (C=O) groups excluding carboxylic acids is 1. The third-order valence-corrected chi connectivity index (χ3v) is 3.33. The summed E-state index contributed by atoms with van der Waals surface area (Å²) in [6.07, 6.45) is 0. The van der Waals surface area contributed by atoms with Gasteiger partial charge in [-0.25, -0.2) is 4.79 Å². The maximum Gasteiger partial charge on any atom is 0.326 e. The zero-order chi connectivity index (χ0) is 13.2. The minimum Gasteiger partial charge on any atom is -0.480 e. The highest BCUT2D eigenvalue weighted by Gasteiger charge is 2.36. The van der Waals surface area contributed by atoms with E-state index in [1.54, 1.807) is 0 Å². The van der Waals surface area contributed by atoms with Crippen molar-refractivity contribution in [2.45, 2.75) is 33.7 Å². The Morgan fingerprint density at radius 2 is 1.88 bits per heavy atom. The maximum absolute atomic E-state index is 11.9. The predicted octanol–water partition coefficient (Wildman–Crippen LogP) is 0.457. The van der Waals surface area contributed by atoms with Crippen LogP contribution in [-0.2, 0) is 9.59 Å². The maximum atomic E-state index is 11.9. The Kier molecular flexibility index (Phi) is 4.14. The largest absolute Gasteiger partial charge is 0.480 e. The molecule has 1 aliphatic rings. The van der Waals surface area contributed by atoms with Gasteiger partial charge in [-0.3, -0.25) is 4.79 Å². The van der Waals surface area contributed by atoms with Crippen LogP contribution in [0.15, 0.2) is 0 Å². The molecule has 1 saturated heterocycles. The van der Waals surface area contributed by atoms with Crippen molar-refractivity contribution in [2.75, 3.05) is 13.1 Å². The van der Waals surface area contributed by atoms with Gasteiger partial charge in [0.2, 0.25) is 5.91 Å². The topological polar surface area (TPSA) is 78.4 Å². The summed E-state index contributed by atoms with van der Waals surface area (Å²) in [6, 6.07) is -0.842. The number of amides is 1. The Morgan fingerprint density at radius 3 is 2.18 bits per heavy atom. The van der Waals surface area contributed by atoms with Crippen LogP contribution in [0, 0.1) is 17.3 Å². The van der Waals surface area contributed by atoms with Crippen LogP contribution in [-0.4, -0.2) is 36.1 Å². The molecule has 5 nitrogen and oxygen atoms in total. The molecule has 0 spiro atoms. The highest BCUT2D eigenvalue weighted by Crippen LogP contribution is 2.21. The van der Waals surface area contributed by atoms with Crippen LogP contribution in [0.5, 0.6) is 0 Å².